The van der Waals surface area contributed by atoms with E-state index < -0.39 is 6.43 Å². The highest BCUT2D eigenvalue weighted by Crippen LogP contribution is 2.32. The van der Waals surface area contributed by atoms with E-state index in [1.165, 1.54) is 13.2 Å². The topological polar surface area (TPSA) is 22.1 Å². The van der Waals surface area contributed by atoms with Crippen molar-refractivity contribution < 1.29 is 13.5 Å². The maximum atomic E-state index is 12.5. The third-order valence-corrected chi connectivity index (χ3v) is 2.18. The molecule has 2 nitrogen and oxygen atoms in total. The zero-order chi connectivity index (χ0) is 10.7. The average Bonchev–Trinajstić information content (AvgIpc) is 2.15. The molecule has 0 fully saturated rings. The van der Waals surface area contributed by atoms with Gasteiger partial charge in [-0.15, -0.1) is 11.6 Å². The zero-order valence-electron chi connectivity index (χ0n) is 7.23. The fraction of sp³-hybridized carbons (Fsp3) is 0.375. The Labute approximate surface area is 89.8 Å². The molecule has 0 aliphatic rings. The molecule has 0 atom stereocenters. The molecule has 0 saturated carbocycles. The Hall–Kier alpha value is -0.610. The lowest BCUT2D eigenvalue weighted by atomic mass is 10.2. The third kappa shape index (κ3) is 2.25. The molecule has 0 aliphatic carbocycles. The number of methoxy groups -OCH3 is 1. The van der Waals surface area contributed by atoms with Gasteiger partial charge in [0.2, 0.25) is 5.88 Å². The number of ether oxygens (including phenoxy) is 1. The standard InChI is InChI=1S/C8H7Cl2F2NO/c1-14-6-2-4(10)7(8(11)12)5(3-9)13-6/h2,8H,3H2,1H3. The number of hydrogen-bond donors (Lipinski definition) is 0. The first-order valence-electron chi connectivity index (χ1n) is 3.67. The lowest BCUT2D eigenvalue weighted by molar-refractivity contribution is 0.150. The molecule has 0 spiro atoms. The summed E-state index contributed by atoms with van der Waals surface area (Å²) in [6.07, 6.45) is -2.69. The van der Waals surface area contributed by atoms with E-state index in [-0.39, 0.29) is 28.0 Å². The number of pyridine rings is 1. The normalized spacial score (nSPS) is 10.7. The van der Waals surface area contributed by atoms with Crippen LogP contribution in [0.2, 0.25) is 5.02 Å². The second-order valence-electron chi connectivity index (χ2n) is 2.44. The molecule has 0 aliphatic heterocycles. The average molecular weight is 242 g/mol. The van der Waals surface area contributed by atoms with E-state index in [1.54, 1.807) is 0 Å². The van der Waals surface area contributed by atoms with Gasteiger partial charge in [-0.1, -0.05) is 11.6 Å². The van der Waals surface area contributed by atoms with Gasteiger partial charge in [-0.3, -0.25) is 0 Å². The lowest BCUT2D eigenvalue weighted by Crippen LogP contribution is -2.00. The molecule has 0 unspecified atom stereocenters. The quantitative estimate of drug-likeness (QED) is 0.757. The van der Waals surface area contributed by atoms with Crippen LogP contribution in [0.4, 0.5) is 8.78 Å². The van der Waals surface area contributed by atoms with E-state index in [0.29, 0.717) is 0 Å². The summed E-state index contributed by atoms with van der Waals surface area (Å²) in [6.45, 7) is 0. The van der Waals surface area contributed by atoms with Crippen LogP contribution in [-0.2, 0) is 5.88 Å². The van der Waals surface area contributed by atoms with Gasteiger partial charge < -0.3 is 4.74 Å². The van der Waals surface area contributed by atoms with Crippen molar-refractivity contribution in [1.29, 1.82) is 0 Å². The Kier molecular flexibility index (Phi) is 3.89. The smallest absolute Gasteiger partial charge is 0.267 e. The van der Waals surface area contributed by atoms with Crippen LogP contribution in [-0.4, -0.2) is 12.1 Å². The van der Waals surface area contributed by atoms with E-state index >= 15 is 0 Å². The van der Waals surface area contributed by atoms with Crippen molar-refractivity contribution in [3.05, 3.63) is 22.3 Å². The molecule has 1 aromatic heterocycles. The minimum Gasteiger partial charge on any atom is -0.481 e. The molecule has 1 heterocycles. The predicted octanol–water partition coefficient (Wildman–Crippen LogP) is 3.42. The molecule has 14 heavy (non-hydrogen) atoms. The first-order valence-corrected chi connectivity index (χ1v) is 4.58. The Morgan fingerprint density at radius 2 is 2.21 bits per heavy atom. The zero-order valence-corrected chi connectivity index (χ0v) is 8.74. The summed E-state index contributed by atoms with van der Waals surface area (Å²) >= 11 is 11.1. The van der Waals surface area contributed by atoms with Gasteiger partial charge in [-0.25, -0.2) is 13.8 Å². The molecular weight excluding hydrogens is 235 g/mol. The monoisotopic (exact) mass is 241 g/mol. The van der Waals surface area contributed by atoms with E-state index in [9.17, 15) is 8.78 Å². The SMILES string of the molecule is COc1cc(Cl)c(C(F)F)c(CCl)n1. The maximum absolute atomic E-state index is 12.5. The summed E-state index contributed by atoms with van der Waals surface area (Å²) in [4.78, 5) is 3.77. The van der Waals surface area contributed by atoms with Crippen LogP contribution >= 0.6 is 23.2 Å². The van der Waals surface area contributed by atoms with Crippen LogP contribution in [0.5, 0.6) is 5.88 Å². The second kappa shape index (κ2) is 4.75. The van der Waals surface area contributed by atoms with E-state index in [0.717, 1.165) is 0 Å². The fourth-order valence-electron chi connectivity index (χ4n) is 0.986. The summed E-state index contributed by atoms with van der Waals surface area (Å²) in [5.41, 5.74) is -0.284. The van der Waals surface area contributed by atoms with Crippen molar-refractivity contribution in [2.45, 2.75) is 12.3 Å². The summed E-state index contributed by atoms with van der Waals surface area (Å²) < 4.78 is 29.7. The van der Waals surface area contributed by atoms with Crippen molar-refractivity contribution in [3.8, 4) is 5.88 Å². The summed E-state index contributed by atoms with van der Waals surface area (Å²) in [5.74, 6) is 0.0476. The molecule has 0 N–H and O–H groups in total. The highest BCUT2D eigenvalue weighted by Gasteiger charge is 2.19. The van der Waals surface area contributed by atoms with E-state index in [2.05, 4.69) is 4.98 Å². The molecule has 78 valence electrons. The number of halogens is 4. The summed E-state index contributed by atoms with van der Waals surface area (Å²) in [6, 6.07) is 1.24. The maximum Gasteiger partial charge on any atom is 0.267 e. The number of nitrogens with zero attached hydrogens (tertiary/aromatic N) is 1. The van der Waals surface area contributed by atoms with Gasteiger partial charge >= 0.3 is 0 Å². The minimum atomic E-state index is -2.69. The fourth-order valence-corrected chi connectivity index (χ4v) is 1.47. The predicted molar refractivity (Wildman–Crippen MR) is 50.3 cm³/mol. The van der Waals surface area contributed by atoms with Crippen LogP contribution in [0, 0.1) is 0 Å². The molecule has 1 rings (SSSR count). The van der Waals surface area contributed by atoms with Gasteiger partial charge in [0, 0.05) is 6.07 Å². The molecule has 0 bridgehead atoms. The van der Waals surface area contributed by atoms with Crippen LogP contribution in [0.1, 0.15) is 17.7 Å². The molecule has 6 heteroatoms. The second-order valence-corrected chi connectivity index (χ2v) is 3.12. The summed E-state index contributed by atoms with van der Waals surface area (Å²) in [5, 5.41) is -0.0810. The highest BCUT2D eigenvalue weighted by molar-refractivity contribution is 6.31. The van der Waals surface area contributed by atoms with Crippen LogP contribution in [0.3, 0.4) is 0 Å². The van der Waals surface area contributed by atoms with Gasteiger partial charge in [-0.05, 0) is 0 Å². The first kappa shape index (κ1) is 11.5. The van der Waals surface area contributed by atoms with Crippen LogP contribution in [0.25, 0.3) is 0 Å². The van der Waals surface area contributed by atoms with Crippen LogP contribution < -0.4 is 4.74 Å². The summed E-state index contributed by atoms with van der Waals surface area (Å²) in [7, 11) is 1.37. The molecule has 1 aromatic rings. The molecule has 0 amide bonds. The Morgan fingerprint density at radius 3 is 2.64 bits per heavy atom. The van der Waals surface area contributed by atoms with Crippen molar-refractivity contribution in [3.63, 3.8) is 0 Å². The number of rotatable bonds is 3. The molecule has 0 radical (unpaired) electrons. The van der Waals surface area contributed by atoms with Gasteiger partial charge in [0.15, 0.2) is 0 Å². The van der Waals surface area contributed by atoms with Gasteiger partial charge in [0.1, 0.15) is 0 Å². The molecule has 0 aromatic carbocycles. The lowest BCUT2D eigenvalue weighted by Gasteiger charge is -2.09. The van der Waals surface area contributed by atoms with E-state index in [4.69, 9.17) is 27.9 Å². The Bertz CT molecular complexity index is 333. The van der Waals surface area contributed by atoms with E-state index in [1.807, 2.05) is 0 Å². The van der Waals surface area contributed by atoms with Crippen molar-refractivity contribution >= 4 is 23.2 Å². The largest absolute Gasteiger partial charge is 0.481 e. The van der Waals surface area contributed by atoms with Crippen molar-refractivity contribution in [1.82, 2.24) is 4.98 Å². The van der Waals surface area contributed by atoms with Crippen molar-refractivity contribution in [2.24, 2.45) is 0 Å². The minimum absolute atomic E-state index is 0.0472. The Balaban J connectivity index is 3.27. The Morgan fingerprint density at radius 1 is 1.57 bits per heavy atom. The number of alkyl halides is 3. The van der Waals surface area contributed by atoms with Crippen molar-refractivity contribution in [2.75, 3.05) is 7.11 Å². The number of hydrogen-bond acceptors (Lipinski definition) is 2. The highest BCUT2D eigenvalue weighted by atomic mass is 35.5. The van der Waals surface area contributed by atoms with Crippen LogP contribution in [0.15, 0.2) is 6.07 Å². The first-order chi connectivity index (χ1) is 6.60. The molecule has 0 saturated heterocycles. The molecular formula is C8H7Cl2F2NO. The van der Waals surface area contributed by atoms with Gasteiger partial charge in [-0.2, -0.15) is 0 Å². The number of aromatic nitrogens is 1. The van der Waals surface area contributed by atoms with Gasteiger partial charge in [0.25, 0.3) is 6.43 Å². The third-order valence-electron chi connectivity index (χ3n) is 1.62. The van der Waals surface area contributed by atoms with Gasteiger partial charge in [0.05, 0.1) is 29.3 Å².